The monoisotopic (exact) mass is 349 g/mol. The molecule has 7 nitrogen and oxygen atoms in total. The van der Waals surface area contributed by atoms with Gasteiger partial charge in [0.05, 0.1) is 25.3 Å². The lowest BCUT2D eigenvalue weighted by Crippen LogP contribution is -2.54. The van der Waals surface area contributed by atoms with Gasteiger partial charge in [-0.25, -0.2) is 9.67 Å². The van der Waals surface area contributed by atoms with Crippen molar-refractivity contribution in [3.05, 3.63) is 11.6 Å². The molecular weight excluding hydrogens is 318 g/mol. The maximum absolute atomic E-state index is 12.6. The van der Waals surface area contributed by atoms with Gasteiger partial charge in [-0.15, -0.1) is 0 Å². The summed E-state index contributed by atoms with van der Waals surface area (Å²) in [5, 5.41) is 7.66. The van der Waals surface area contributed by atoms with Crippen LogP contribution >= 0.6 is 0 Å². The van der Waals surface area contributed by atoms with E-state index in [0.717, 1.165) is 37.6 Å². The number of rotatable bonds is 5. The average Bonchev–Trinajstić information content (AvgIpc) is 2.92. The molecule has 2 fully saturated rings. The Kier molecular flexibility index (Phi) is 6.06. The van der Waals surface area contributed by atoms with Gasteiger partial charge >= 0.3 is 0 Å². The Balaban J connectivity index is 1.52. The third-order valence-electron chi connectivity index (χ3n) is 5.39. The van der Waals surface area contributed by atoms with Crippen LogP contribution in [0, 0.1) is 13.8 Å². The number of carbonyl (C=O) groups is 1. The molecule has 1 aromatic heterocycles. The molecule has 1 aliphatic carbocycles. The molecule has 25 heavy (non-hydrogen) atoms. The maximum atomic E-state index is 12.6. The molecule has 7 heteroatoms. The van der Waals surface area contributed by atoms with Crippen LogP contribution in [0.25, 0.3) is 0 Å². The highest BCUT2D eigenvalue weighted by atomic mass is 16.5. The van der Waals surface area contributed by atoms with E-state index < -0.39 is 0 Å². The lowest BCUT2D eigenvalue weighted by molar-refractivity contribution is -0.130. The van der Waals surface area contributed by atoms with Gasteiger partial charge < -0.3 is 10.1 Å². The number of amides is 1. The van der Waals surface area contributed by atoms with Crippen molar-refractivity contribution in [3.63, 3.8) is 0 Å². The zero-order valence-corrected chi connectivity index (χ0v) is 15.7. The molecule has 0 unspecified atom stereocenters. The summed E-state index contributed by atoms with van der Waals surface area (Å²) in [6.45, 7) is 8.74. The fourth-order valence-corrected chi connectivity index (χ4v) is 3.87. The molecule has 1 saturated heterocycles. The van der Waals surface area contributed by atoms with Crippen LogP contribution in [0.1, 0.15) is 50.7 Å². The largest absolute Gasteiger partial charge is 0.374 e. The van der Waals surface area contributed by atoms with E-state index >= 15 is 0 Å². The second-order valence-electron chi connectivity index (χ2n) is 7.40. The van der Waals surface area contributed by atoms with Gasteiger partial charge in [-0.1, -0.05) is 19.3 Å². The standard InChI is InChI=1S/C18H31N5O2/c1-13(18(24)20-16-7-5-4-6-8-16)22-9-10-25-17(11-22)12-23-15(3)19-14(2)21-23/h13,16-17H,4-12H2,1-3H3,(H,20,24)/t13-,17-/m1/s1. The van der Waals surface area contributed by atoms with Crippen LogP contribution < -0.4 is 5.32 Å². The lowest BCUT2D eigenvalue weighted by Gasteiger charge is -2.37. The van der Waals surface area contributed by atoms with Crippen molar-refractivity contribution in [2.75, 3.05) is 19.7 Å². The van der Waals surface area contributed by atoms with E-state index in [0.29, 0.717) is 19.2 Å². The first kappa shape index (κ1) is 18.3. The number of nitrogens with zero attached hydrogens (tertiary/aromatic N) is 4. The predicted octanol–water partition coefficient (Wildman–Crippen LogP) is 1.43. The van der Waals surface area contributed by atoms with Crippen LogP contribution in [-0.2, 0) is 16.1 Å². The number of carbonyl (C=O) groups excluding carboxylic acids is 1. The Hall–Kier alpha value is -1.47. The summed E-state index contributed by atoms with van der Waals surface area (Å²) in [6, 6.07) is 0.244. The molecule has 1 N–H and O–H groups in total. The van der Waals surface area contributed by atoms with Crippen LogP contribution in [0.15, 0.2) is 0 Å². The highest BCUT2D eigenvalue weighted by Crippen LogP contribution is 2.18. The van der Waals surface area contributed by atoms with E-state index in [1.54, 1.807) is 0 Å². The fourth-order valence-electron chi connectivity index (χ4n) is 3.87. The molecule has 0 bridgehead atoms. The summed E-state index contributed by atoms with van der Waals surface area (Å²) in [5.74, 6) is 1.84. The van der Waals surface area contributed by atoms with Crippen molar-refractivity contribution < 1.29 is 9.53 Å². The average molecular weight is 349 g/mol. The minimum absolute atomic E-state index is 0.0403. The maximum Gasteiger partial charge on any atom is 0.237 e. The van der Waals surface area contributed by atoms with Crippen LogP contribution in [0.3, 0.4) is 0 Å². The Morgan fingerprint density at radius 3 is 2.76 bits per heavy atom. The summed E-state index contributed by atoms with van der Waals surface area (Å²) in [7, 11) is 0. The van der Waals surface area contributed by atoms with Gasteiger partial charge in [-0.05, 0) is 33.6 Å². The van der Waals surface area contributed by atoms with Crippen molar-refractivity contribution in [1.29, 1.82) is 0 Å². The molecule has 1 amide bonds. The molecule has 1 aliphatic heterocycles. The molecular formula is C18H31N5O2. The zero-order valence-electron chi connectivity index (χ0n) is 15.7. The van der Waals surface area contributed by atoms with Gasteiger partial charge in [-0.3, -0.25) is 9.69 Å². The van der Waals surface area contributed by atoms with Crippen molar-refractivity contribution in [1.82, 2.24) is 25.0 Å². The van der Waals surface area contributed by atoms with Gasteiger partial charge in [0, 0.05) is 19.1 Å². The molecule has 3 rings (SSSR count). The number of ether oxygens (including phenoxy) is 1. The van der Waals surface area contributed by atoms with Crippen molar-refractivity contribution in [2.45, 2.75) is 77.6 Å². The second-order valence-corrected chi connectivity index (χ2v) is 7.40. The topological polar surface area (TPSA) is 72.3 Å². The molecule has 2 heterocycles. The second kappa shape index (κ2) is 8.27. The smallest absolute Gasteiger partial charge is 0.237 e. The van der Waals surface area contributed by atoms with E-state index in [-0.39, 0.29) is 18.1 Å². The summed E-state index contributed by atoms with van der Waals surface area (Å²) in [6.07, 6.45) is 6.04. The summed E-state index contributed by atoms with van der Waals surface area (Å²) in [5.41, 5.74) is 0. The first-order valence-electron chi connectivity index (χ1n) is 9.57. The summed E-state index contributed by atoms with van der Waals surface area (Å²) >= 11 is 0. The summed E-state index contributed by atoms with van der Waals surface area (Å²) < 4.78 is 7.79. The minimum Gasteiger partial charge on any atom is -0.374 e. The molecule has 0 spiro atoms. The van der Waals surface area contributed by atoms with Crippen molar-refractivity contribution in [3.8, 4) is 0 Å². The van der Waals surface area contributed by atoms with E-state index in [4.69, 9.17) is 4.74 Å². The highest BCUT2D eigenvalue weighted by Gasteiger charge is 2.29. The van der Waals surface area contributed by atoms with E-state index in [1.807, 2.05) is 25.5 Å². The SMILES string of the molecule is Cc1nc(C)n(C[C@H]2CN([C@H](C)C(=O)NC3CCCCC3)CCO2)n1. The molecule has 0 aromatic carbocycles. The Labute approximate surface area is 150 Å². The van der Waals surface area contributed by atoms with Crippen LogP contribution in [0.4, 0.5) is 0 Å². The van der Waals surface area contributed by atoms with E-state index in [2.05, 4.69) is 20.3 Å². The van der Waals surface area contributed by atoms with Gasteiger partial charge in [-0.2, -0.15) is 5.10 Å². The van der Waals surface area contributed by atoms with Crippen LogP contribution in [0.2, 0.25) is 0 Å². The van der Waals surface area contributed by atoms with E-state index in [9.17, 15) is 4.79 Å². The van der Waals surface area contributed by atoms with Gasteiger partial charge in [0.2, 0.25) is 5.91 Å². The first-order valence-corrected chi connectivity index (χ1v) is 9.57. The predicted molar refractivity (Wildman–Crippen MR) is 95.3 cm³/mol. The summed E-state index contributed by atoms with van der Waals surface area (Å²) in [4.78, 5) is 19.2. The quantitative estimate of drug-likeness (QED) is 0.871. The van der Waals surface area contributed by atoms with Gasteiger partial charge in [0.15, 0.2) is 0 Å². The normalized spacial score (nSPS) is 24.2. The number of aromatic nitrogens is 3. The molecule has 1 aromatic rings. The third-order valence-corrected chi connectivity index (χ3v) is 5.39. The molecule has 2 atom stereocenters. The van der Waals surface area contributed by atoms with Gasteiger partial charge in [0.1, 0.15) is 11.6 Å². The first-order chi connectivity index (χ1) is 12.0. The fraction of sp³-hybridized carbons (Fsp3) is 0.833. The minimum atomic E-state index is -0.119. The van der Waals surface area contributed by atoms with Crippen molar-refractivity contribution in [2.24, 2.45) is 0 Å². The zero-order chi connectivity index (χ0) is 17.8. The Morgan fingerprint density at radius 2 is 2.08 bits per heavy atom. The number of aryl methyl sites for hydroxylation is 2. The number of hydrogen-bond acceptors (Lipinski definition) is 5. The lowest BCUT2D eigenvalue weighted by atomic mass is 9.95. The third kappa shape index (κ3) is 4.79. The number of nitrogens with one attached hydrogen (secondary N) is 1. The molecule has 2 aliphatic rings. The van der Waals surface area contributed by atoms with E-state index in [1.165, 1.54) is 19.3 Å². The van der Waals surface area contributed by atoms with Crippen LogP contribution in [-0.4, -0.2) is 63.5 Å². The highest BCUT2D eigenvalue weighted by molar-refractivity contribution is 5.81. The molecule has 1 saturated carbocycles. The molecule has 140 valence electrons. The van der Waals surface area contributed by atoms with Gasteiger partial charge in [0.25, 0.3) is 0 Å². The number of hydrogen-bond donors (Lipinski definition) is 1. The Bertz CT molecular complexity index is 582. The molecule has 0 radical (unpaired) electrons. The number of morpholine rings is 1. The Morgan fingerprint density at radius 1 is 1.32 bits per heavy atom. The van der Waals surface area contributed by atoms with Crippen LogP contribution in [0.5, 0.6) is 0 Å². The van der Waals surface area contributed by atoms with Crippen molar-refractivity contribution >= 4 is 5.91 Å².